The van der Waals surface area contributed by atoms with Crippen molar-refractivity contribution in [1.29, 1.82) is 0 Å². The highest BCUT2D eigenvalue weighted by Gasteiger charge is 2.09. The molecule has 0 radical (unpaired) electrons. The average Bonchev–Trinajstić information content (AvgIpc) is 2.61. The first kappa shape index (κ1) is 23.6. The Morgan fingerprint density at radius 2 is 2.08 bits per heavy atom. The van der Waals surface area contributed by atoms with Gasteiger partial charge in [0.2, 0.25) is 0 Å². The van der Waals surface area contributed by atoms with Gasteiger partial charge in [0.25, 0.3) is 5.91 Å². The molecule has 1 unspecified atom stereocenters. The number of carbonyl (C=O) groups excluding carboxylic acids is 1. The van der Waals surface area contributed by atoms with E-state index in [1.54, 1.807) is 14.2 Å². The van der Waals surface area contributed by atoms with Gasteiger partial charge in [-0.3, -0.25) is 9.79 Å². The number of amides is 1. The molecule has 1 amide bonds. The fourth-order valence-electron chi connectivity index (χ4n) is 2.06. The second-order valence-electron chi connectivity index (χ2n) is 5.68. The molecule has 3 N–H and O–H groups in total. The maximum atomic E-state index is 12.2. The lowest BCUT2D eigenvalue weighted by Crippen LogP contribution is -2.37. The number of hydrogen-bond acceptors (Lipinski definition) is 3. The van der Waals surface area contributed by atoms with Crippen molar-refractivity contribution < 1.29 is 9.53 Å². The first-order chi connectivity index (χ1) is 11.6. The van der Waals surface area contributed by atoms with Crippen molar-refractivity contribution in [3.63, 3.8) is 0 Å². The maximum absolute atomic E-state index is 12.2. The van der Waals surface area contributed by atoms with Crippen molar-refractivity contribution in [2.45, 2.75) is 39.3 Å². The first-order valence-corrected chi connectivity index (χ1v) is 8.44. The van der Waals surface area contributed by atoms with Crippen LogP contribution in [0.3, 0.4) is 0 Å². The molecule has 0 spiro atoms. The van der Waals surface area contributed by atoms with Crippen LogP contribution >= 0.6 is 24.0 Å². The molecule has 1 aromatic rings. The van der Waals surface area contributed by atoms with Crippen LogP contribution in [0.1, 0.15) is 42.6 Å². The molecule has 0 saturated heterocycles. The number of nitrogens with zero attached hydrogens (tertiary/aromatic N) is 1. The van der Waals surface area contributed by atoms with E-state index in [1.165, 1.54) is 0 Å². The van der Waals surface area contributed by atoms with E-state index >= 15 is 0 Å². The third-order valence-electron chi connectivity index (χ3n) is 3.68. The lowest BCUT2D eigenvalue weighted by molar-refractivity contribution is 0.0939. The number of halogens is 1. The summed E-state index contributed by atoms with van der Waals surface area (Å²) < 4.78 is 5.02. The quantitative estimate of drug-likeness (QED) is 0.228. The number of hydrogen-bond donors (Lipinski definition) is 3. The van der Waals surface area contributed by atoms with Crippen molar-refractivity contribution in [2.24, 2.45) is 4.99 Å². The van der Waals surface area contributed by atoms with Crippen LogP contribution < -0.4 is 16.0 Å². The highest BCUT2D eigenvalue weighted by atomic mass is 127. The second kappa shape index (κ2) is 13.9. The predicted molar refractivity (Wildman–Crippen MR) is 114 cm³/mol. The van der Waals surface area contributed by atoms with E-state index in [4.69, 9.17) is 4.74 Å². The Hall–Kier alpha value is -1.35. The molecule has 1 atom stereocenters. The van der Waals surface area contributed by atoms with Crippen molar-refractivity contribution in [1.82, 2.24) is 16.0 Å². The summed E-state index contributed by atoms with van der Waals surface area (Å²) in [5, 5.41) is 9.45. The minimum absolute atomic E-state index is 0. The number of nitrogens with one attached hydrogen (secondary N) is 3. The lowest BCUT2D eigenvalue weighted by Gasteiger charge is -2.13. The Morgan fingerprint density at radius 3 is 2.72 bits per heavy atom. The molecule has 1 aromatic carbocycles. The van der Waals surface area contributed by atoms with Crippen LogP contribution in [0.15, 0.2) is 29.3 Å². The van der Waals surface area contributed by atoms with Crippen molar-refractivity contribution >= 4 is 35.8 Å². The van der Waals surface area contributed by atoms with Gasteiger partial charge in [-0.05, 0) is 37.5 Å². The topological polar surface area (TPSA) is 74.8 Å². The normalized spacial score (nSPS) is 12.1. The molecule has 0 aliphatic rings. The SMILES string of the molecule is CCC(C)NC(=O)c1cccc(CNC(=NC)NCCCOC)c1.I. The number of methoxy groups -OCH3 is 1. The van der Waals surface area contributed by atoms with Crippen LogP contribution in [-0.2, 0) is 11.3 Å². The molecule has 0 bridgehead atoms. The van der Waals surface area contributed by atoms with Crippen LogP contribution in [0.5, 0.6) is 0 Å². The highest BCUT2D eigenvalue weighted by molar-refractivity contribution is 14.0. The number of ether oxygens (including phenoxy) is 1. The molecular weight excluding hydrogens is 431 g/mol. The summed E-state index contributed by atoms with van der Waals surface area (Å²) in [4.78, 5) is 16.4. The van der Waals surface area contributed by atoms with E-state index < -0.39 is 0 Å². The van der Waals surface area contributed by atoms with Gasteiger partial charge in [-0.1, -0.05) is 19.1 Å². The van der Waals surface area contributed by atoms with E-state index in [0.717, 1.165) is 37.5 Å². The fourth-order valence-corrected chi connectivity index (χ4v) is 2.06. The predicted octanol–water partition coefficient (Wildman–Crippen LogP) is 2.53. The smallest absolute Gasteiger partial charge is 0.251 e. The van der Waals surface area contributed by atoms with Gasteiger partial charge in [0.05, 0.1) is 0 Å². The summed E-state index contributed by atoms with van der Waals surface area (Å²) in [6.07, 6.45) is 1.83. The molecule has 1 rings (SSSR count). The van der Waals surface area contributed by atoms with Crippen molar-refractivity contribution in [3.8, 4) is 0 Å². The Labute approximate surface area is 168 Å². The van der Waals surface area contributed by atoms with Gasteiger partial charge in [0, 0.05) is 45.5 Å². The van der Waals surface area contributed by atoms with Gasteiger partial charge in [-0.15, -0.1) is 24.0 Å². The van der Waals surface area contributed by atoms with Gasteiger partial charge in [0.15, 0.2) is 5.96 Å². The van der Waals surface area contributed by atoms with Gasteiger partial charge < -0.3 is 20.7 Å². The summed E-state index contributed by atoms with van der Waals surface area (Å²) in [7, 11) is 3.43. The van der Waals surface area contributed by atoms with Crippen LogP contribution in [0.4, 0.5) is 0 Å². The largest absolute Gasteiger partial charge is 0.385 e. The highest BCUT2D eigenvalue weighted by Crippen LogP contribution is 2.06. The zero-order valence-electron chi connectivity index (χ0n) is 15.6. The number of rotatable bonds is 9. The van der Waals surface area contributed by atoms with E-state index in [1.807, 2.05) is 31.2 Å². The molecule has 0 saturated carbocycles. The van der Waals surface area contributed by atoms with Crippen LogP contribution in [0, 0.1) is 0 Å². The molecule has 0 heterocycles. The lowest BCUT2D eigenvalue weighted by atomic mass is 10.1. The molecule has 0 fully saturated rings. The Morgan fingerprint density at radius 1 is 1.32 bits per heavy atom. The molecule has 0 aromatic heterocycles. The van der Waals surface area contributed by atoms with E-state index in [2.05, 4.69) is 27.9 Å². The monoisotopic (exact) mass is 462 g/mol. The average molecular weight is 462 g/mol. The third kappa shape index (κ3) is 9.64. The van der Waals surface area contributed by atoms with Gasteiger partial charge in [0.1, 0.15) is 0 Å². The molecule has 0 aliphatic carbocycles. The minimum Gasteiger partial charge on any atom is -0.385 e. The molecule has 25 heavy (non-hydrogen) atoms. The standard InChI is InChI=1S/C18H30N4O2.HI/c1-5-14(2)22-17(23)16-9-6-8-15(12-16)13-21-18(19-3)20-10-7-11-24-4;/h6,8-9,12,14H,5,7,10-11,13H2,1-4H3,(H,22,23)(H2,19,20,21);1H. The number of aliphatic imine (C=N–C) groups is 1. The van der Waals surface area contributed by atoms with Gasteiger partial charge in [-0.2, -0.15) is 0 Å². The molecule has 6 nitrogen and oxygen atoms in total. The first-order valence-electron chi connectivity index (χ1n) is 8.44. The summed E-state index contributed by atoms with van der Waals surface area (Å²) in [6.45, 7) is 6.18. The second-order valence-corrected chi connectivity index (χ2v) is 5.68. The molecular formula is C18H31IN4O2. The van der Waals surface area contributed by atoms with Gasteiger partial charge >= 0.3 is 0 Å². The third-order valence-corrected chi connectivity index (χ3v) is 3.68. The summed E-state index contributed by atoms with van der Waals surface area (Å²) >= 11 is 0. The van der Waals surface area contributed by atoms with Crippen LogP contribution in [0.25, 0.3) is 0 Å². The maximum Gasteiger partial charge on any atom is 0.251 e. The fraction of sp³-hybridized carbons (Fsp3) is 0.556. The van der Waals surface area contributed by atoms with Crippen molar-refractivity contribution in [3.05, 3.63) is 35.4 Å². The summed E-state index contributed by atoms with van der Waals surface area (Å²) in [5.74, 6) is 0.703. The van der Waals surface area contributed by atoms with E-state index in [9.17, 15) is 4.79 Å². The molecule has 7 heteroatoms. The summed E-state index contributed by atoms with van der Waals surface area (Å²) in [5.41, 5.74) is 1.71. The number of benzene rings is 1. The van der Waals surface area contributed by atoms with Crippen LogP contribution in [-0.4, -0.2) is 45.2 Å². The van der Waals surface area contributed by atoms with E-state index in [0.29, 0.717) is 12.1 Å². The summed E-state index contributed by atoms with van der Waals surface area (Å²) in [6, 6.07) is 7.80. The van der Waals surface area contributed by atoms with Crippen molar-refractivity contribution in [2.75, 3.05) is 27.3 Å². The zero-order valence-corrected chi connectivity index (χ0v) is 17.9. The number of guanidine groups is 1. The Kier molecular flexibility index (Phi) is 13.1. The minimum atomic E-state index is -0.0340. The Balaban J connectivity index is 0.00000576. The molecule has 0 aliphatic heterocycles. The molecule has 142 valence electrons. The van der Waals surface area contributed by atoms with Crippen LogP contribution in [0.2, 0.25) is 0 Å². The number of carbonyl (C=O) groups is 1. The Bertz CT molecular complexity index is 538. The zero-order chi connectivity index (χ0) is 17.8. The van der Waals surface area contributed by atoms with E-state index in [-0.39, 0.29) is 35.9 Å². The van der Waals surface area contributed by atoms with Gasteiger partial charge in [-0.25, -0.2) is 0 Å².